The van der Waals surface area contributed by atoms with Gasteiger partial charge in [-0.3, -0.25) is 4.79 Å². The van der Waals surface area contributed by atoms with Gasteiger partial charge in [-0.05, 0) is 30.5 Å². The smallest absolute Gasteiger partial charge is 0.274 e. The summed E-state index contributed by atoms with van der Waals surface area (Å²) in [7, 11) is 0. The Morgan fingerprint density at radius 3 is 2.74 bits per heavy atom. The van der Waals surface area contributed by atoms with Crippen molar-refractivity contribution in [2.75, 3.05) is 17.2 Å². The highest BCUT2D eigenvalue weighted by Gasteiger charge is 2.13. The van der Waals surface area contributed by atoms with Gasteiger partial charge in [0.1, 0.15) is 5.69 Å². The van der Waals surface area contributed by atoms with Crippen molar-refractivity contribution in [2.24, 2.45) is 0 Å². The first-order chi connectivity index (χ1) is 11.0. The summed E-state index contributed by atoms with van der Waals surface area (Å²) in [6.45, 7) is 10.2. The van der Waals surface area contributed by atoms with E-state index in [4.69, 9.17) is 0 Å². The van der Waals surface area contributed by atoms with E-state index in [0.717, 1.165) is 16.9 Å². The highest BCUT2D eigenvalue weighted by Crippen LogP contribution is 2.24. The van der Waals surface area contributed by atoms with Crippen molar-refractivity contribution in [2.45, 2.75) is 26.7 Å². The summed E-state index contributed by atoms with van der Waals surface area (Å²) >= 11 is 0. The third-order valence-electron chi connectivity index (χ3n) is 3.32. The average molecular weight is 310 g/mol. The van der Waals surface area contributed by atoms with Crippen LogP contribution in [0.25, 0.3) is 0 Å². The zero-order valence-electron chi connectivity index (χ0n) is 13.8. The Balaban J connectivity index is 2.24. The van der Waals surface area contributed by atoms with Crippen LogP contribution < -0.4 is 10.6 Å². The fraction of sp³-hybridized carbons (Fsp3) is 0.278. The Hall–Kier alpha value is -2.69. The van der Waals surface area contributed by atoms with Gasteiger partial charge >= 0.3 is 0 Å². The molecule has 0 saturated carbocycles. The fourth-order valence-corrected chi connectivity index (χ4v) is 2.23. The molecule has 5 nitrogen and oxygen atoms in total. The number of benzene rings is 1. The molecule has 0 aliphatic carbocycles. The zero-order chi connectivity index (χ0) is 16.8. The molecule has 0 radical (unpaired) electrons. The van der Waals surface area contributed by atoms with Crippen molar-refractivity contribution < 1.29 is 4.79 Å². The molecule has 1 aromatic carbocycles. The van der Waals surface area contributed by atoms with Crippen molar-refractivity contribution in [3.8, 4) is 0 Å². The summed E-state index contributed by atoms with van der Waals surface area (Å²) in [5.41, 5.74) is 2.97. The number of carbonyl (C=O) groups excluding carboxylic acids is 1. The van der Waals surface area contributed by atoms with Crippen molar-refractivity contribution in [1.82, 2.24) is 9.97 Å². The van der Waals surface area contributed by atoms with Crippen LogP contribution in [0.5, 0.6) is 0 Å². The quantitative estimate of drug-likeness (QED) is 0.797. The third-order valence-corrected chi connectivity index (χ3v) is 3.32. The lowest BCUT2D eigenvalue weighted by Gasteiger charge is -2.14. The minimum Gasteiger partial charge on any atom is -0.351 e. The van der Waals surface area contributed by atoms with Gasteiger partial charge in [0.05, 0.1) is 0 Å². The first-order valence-corrected chi connectivity index (χ1v) is 7.62. The normalized spacial score (nSPS) is 10.4. The van der Waals surface area contributed by atoms with Gasteiger partial charge in [0.15, 0.2) is 0 Å². The summed E-state index contributed by atoms with van der Waals surface area (Å²) in [5, 5.41) is 5.95. The van der Waals surface area contributed by atoms with E-state index >= 15 is 0 Å². The molecule has 1 heterocycles. The molecule has 0 fully saturated rings. The number of hydrogen-bond donors (Lipinski definition) is 2. The van der Waals surface area contributed by atoms with Crippen LogP contribution in [-0.2, 0) is 0 Å². The van der Waals surface area contributed by atoms with E-state index < -0.39 is 0 Å². The SMILES string of the molecule is C=CCNc1nc(C)cc(C(=O)Nc2ccccc2C(C)C)n1. The lowest BCUT2D eigenvalue weighted by molar-refractivity contribution is 0.102. The van der Waals surface area contributed by atoms with Crippen LogP contribution in [0, 0.1) is 6.92 Å². The Labute approximate surface area is 136 Å². The molecule has 0 saturated heterocycles. The molecule has 0 aliphatic rings. The standard InChI is InChI=1S/C18H22N4O/c1-5-10-19-18-20-13(4)11-16(22-18)17(23)21-15-9-7-6-8-14(15)12(2)3/h5-9,11-12H,1,10H2,2-4H3,(H,21,23)(H,19,20,22). The summed E-state index contributed by atoms with van der Waals surface area (Å²) in [4.78, 5) is 21.0. The van der Waals surface area contributed by atoms with E-state index in [9.17, 15) is 4.79 Å². The van der Waals surface area contributed by atoms with E-state index in [1.54, 1.807) is 12.1 Å². The number of carbonyl (C=O) groups is 1. The number of nitrogens with one attached hydrogen (secondary N) is 2. The van der Waals surface area contributed by atoms with Crippen molar-refractivity contribution in [3.05, 3.63) is 59.9 Å². The first-order valence-electron chi connectivity index (χ1n) is 7.62. The second kappa shape index (κ2) is 7.54. The number of aryl methyl sites for hydroxylation is 1. The molecule has 2 N–H and O–H groups in total. The van der Waals surface area contributed by atoms with E-state index in [2.05, 4.69) is 41.0 Å². The van der Waals surface area contributed by atoms with Gasteiger partial charge in [-0.25, -0.2) is 9.97 Å². The highest BCUT2D eigenvalue weighted by molar-refractivity contribution is 6.03. The average Bonchev–Trinajstić information content (AvgIpc) is 2.52. The summed E-state index contributed by atoms with van der Waals surface area (Å²) < 4.78 is 0. The van der Waals surface area contributed by atoms with Gasteiger partial charge < -0.3 is 10.6 Å². The van der Waals surface area contributed by atoms with Crippen LogP contribution in [-0.4, -0.2) is 22.4 Å². The second-order valence-corrected chi connectivity index (χ2v) is 5.58. The second-order valence-electron chi connectivity index (χ2n) is 5.58. The van der Waals surface area contributed by atoms with Gasteiger partial charge in [-0.15, -0.1) is 6.58 Å². The van der Waals surface area contributed by atoms with Gasteiger partial charge in [0.25, 0.3) is 5.91 Å². The molecule has 120 valence electrons. The number of aromatic nitrogens is 2. The highest BCUT2D eigenvalue weighted by atomic mass is 16.1. The molecular weight excluding hydrogens is 288 g/mol. The predicted molar refractivity (Wildman–Crippen MR) is 93.9 cm³/mol. The van der Waals surface area contributed by atoms with Crippen LogP contribution in [0.1, 0.15) is 41.5 Å². The molecule has 0 spiro atoms. The first kappa shape index (κ1) is 16.7. The molecular formula is C18H22N4O. The minimum atomic E-state index is -0.245. The lowest BCUT2D eigenvalue weighted by Crippen LogP contribution is -2.17. The van der Waals surface area contributed by atoms with Crippen LogP contribution in [0.4, 0.5) is 11.6 Å². The molecule has 2 rings (SSSR count). The molecule has 5 heteroatoms. The Kier molecular flexibility index (Phi) is 5.46. The molecule has 23 heavy (non-hydrogen) atoms. The van der Waals surface area contributed by atoms with Crippen LogP contribution in [0.15, 0.2) is 43.0 Å². The lowest BCUT2D eigenvalue weighted by atomic mass is 10.0. The molecule has 0 bridgehead atoms. The van der Waals surface area contributed by atoms with Gasteiger partial charge in [0, 0.05) is 17.9 Å². The Morgan fingerprint density at radius 1 is 1.30 bits per heavy atom. The minimum absolute atomic E-state index is 0.245. The van der Waals surface area contributed by atoms with Crippen molar-refractivity contribution in [1.29, 1.82) is 0 Å². The Morgan fingerprint density at radius 2 is 2.04 bits per heavy atom. The third kappa shape index (κ3) is 4.39. The Bertz CT molecular complexity index is 710. The maximum atomic E-state index is 12.5. The topological polar surface area (TPSA) is 66.9 Å². The van der Waals surface area contributed by atoms with Crippen LogP contribution in [0.3, 0.4) is 0 Å². The number of hydrogen-bond acceptors (Lipinski definition) is 4. The van der Waals surface area contributed by atoms with E-state index in [0.29, 0.717) is 24.1 Å². The number of anilines is 2. The van der Waals surface area contributed by atoms with E-state index in [1.165, 1.54) is 0 Å². The van der Waals surface area contributed by atoms with E-state index in [-0.39, 0.29) is 5.91 Å². The van der Waals surface area contributed by atoms with Crippen molar-refractivity contribution in [3.63, 3.8) is 0 Å². The zero-order valence-corrected chi connectivity index (χ0v) is 13.8. The predicted octanol–water partition coefficient (Wildman–Crippen LogP) is 3.76. The maximum absolute atomic E-state index is 12.5. The molecule has 2 aromatic rings. The molecule has 1 amide bonds. The molecule has 0 unspecified atom stereocenters. The van der Waals surface area contributed by atoms with Crippen molar-refractivity contribution >= 4 is 17.5 Å². The molecule has 0 aliphatic heterocycles. The number of nitrogens with zero attached hydrogens (tertiary/aromatic N) is 2. The summed E-state index contributed by atoms with van der Waals surface area (Å²) in [6.07, 6.45) is 1.71. The largest absolute Gasteiger partial charge is 0.351 e. The van der Waals surface area contributed by atoms with Gasteiger partial charge in [-0.2, -0.15) is 0 Å². The number of amides is 1. The fourth-order valence-electron chi connectivity index (χ4n) is 2.23. The number of rotatable bonds is 6. The number of para-hydroxylation sites is 1. The maximum Gasteiger partial charge on any atom is 0.274 e. The van der Waals surface area contributed by atoms with Gasteiger partial charge in [-0.1, -0.05) is 38.1 Å². The molecule has 1 aromatic heterocycles. The summed E-state index contributed by atoms with van der Waals surface area (Å²) in [6, 6.07) is 9.47. The van der Waals surface area contributed by atoms with Crippen LogP contribution in [0.2, 0.25) is 0 Å². The summed E-state index contributed by atoms with van der Waals surface area (Å²) in [5.74, 6) is 0.501. The van der Waals surface area contributed by atoms with Crippen LogP contribution >= 0.6 is 0 Å². The van der Waals surface area contributed by atoms with Gasteiger partial charge in [0.2, 0.25) is 5.95 Å². The van der Waals surface area contributed by atoms with E-state index in [1.807, 2.05) is 31.2 Å². The molecule has 0 atom stereocenters. The monoisotopic (exact) mass is 310 g/mol.